The summed E-state index contributed by atoms with van der Waals surface area (Å²) in [5, 5.41) is 0. The molecule has 0 aromatic heterocycles. The van der Waals surface area contributed by atoms with Crippen LogP contribution in [0.25, 0.3) is 0 Å². The Morgan fingerprint density at radius 2 is 1.60 bits per heavy atom. The molecular formula is C6H14I2SV. The van der Waals surface area contributed by atoms with E-state index >= 15 is 0 Å². The molecule has 0 N–H and O–H groups in total. The van der Waals surface area contributed by atoms with Crippen molar-refractivity contribution in [2.45, 2.75) is 32.4 Å². The van der Waals surface area contributed by atoms with Gasteiger partial charge in [0.2, 0.25) is 0 Å². The van der Waals surface area contributed by atoms with E-state index in [-0.39, 0.29) is 0 Å². The predicted octanol–water partition coefficient (Wildman–Crippen LogP) is 4.31. The van der Waals surface area contributed by atoms with Crippen molar-refractivity contribution in [1.82, 2.24) is 0 Å². The van der Waals surface area contributed by atoms with E-state index in [4.69, 9.17) is 0 Å². The van der Waals surface area contributed by atoms with Crippen LogP contribution in [-0.4, -0.2) is 10.5 Å². The quantitative estimate of drug-likeness (QED) is 0.567. The van der Waals surface area contributed by atoms with E-state index in [9.17, 15) is 0 Å². The Labute approximate surface area is 97.9 Å². The normalized spacial score (nSPS) is 9.80. The molecule has 0 aromatic carbocycles. The number of halogens is 2. The van der Waals surface area contributed by atoms with Gasteiger partial charge in [0.25, 0.3) is 0 Å². The third-order valence-corrected chi connectivity index (χ3v) is 1.73. The van der Waals surface area contributed by atoms with Crippen LogP contribution in [0.15, 0.2) is 0 Å². The van der Waals surface area contributed by atoms with Gasteiger partial charge in [-0.15, -0.1) is 0 Å². The summed E-state index contributed by atoms with van der Waals surface area (Å²) in [4.78, 5) is 0. The van der Waals surface area contributed by atoms with Crippen molar-refractivity contribution in [2.75, 3.05) is 5.75 Å². The van der Waals surface area contributed by atoms with Gasteiger partial charge in [-0.3, -0.25) is 0 Å². The van der Waals surface area contributed by atoms with E-state index < -0.39 is 0 Å². The van der Waals surface area contributed by atoms with Crippen LogP contribution in [0.5, 0.6) is 0 Å². The zero-order valence-electron chi connectivity index (χ0n) is 6.82. The van der Waals surface area contributed by atoms with Gasteiger partial charge in [-0.05, 0) is 5.75 Å². The molecule has 0 aliphatic rings. The van der Waals surface area contributed by atoms with Crippen LogP contribution in [0, 0.1) is 0 Å². The first-order valence-corrected chi connectivity index (χ1v) is 13.0. The topological polar surface area (TPSA) is 0 Å². The Bertz CT molecular complexity index is 63.3. The van der Waals surface area contributed by atoms with Crippen LogP contribution in [0.3, 0.4) is 0 Å². The third-order valence-electron chi connectivity index (χ3n) is 0.577. The fourth-order valence-electron chi connectivity index (χ4n) is 0.433. The first-order chi connectivity index (χ1) is 4.47. The number of thioether (sulfide) groups is 1. The molecule has 0 nitrogen and oxygen atoms in total. The van der Waals surface area contributed by atoms with Crippen molar-refractivity contribution in [3.8, 4) is 0 Å². The summed E-state index contributed by atoms with van der Waals surface area (Å²) in [6, 6.07) is 0. The van der Waals surface area contributed by atoms with Crippen LogP contribution >= 0.6 is 51.7 Å². The van der Waals surface area contributed by atoms with Crippen molar-refractivity contribution in [3.63, 3.8) is 0 Å². The van der Waals surface area contributed by atoms with Crippen LogP contribution in [-0.2, 0) is 9.47 Å². The van der Waals surface area contributed by atoms with Gasteiger partial charge in [-0.2, -0.15) is 11.8 Å². The Kier molecular flexibility index (Phi) is 14.1. The minimum atomic E-state index is 0.467. The zero-order chi connectivity index (χ0) is 8.62. The second-order valence-electron chi connectivity index (χ2n) is 2.61. The molecule has 0 aliphatic heterocycles. The second-order valence-corrected chi connectivity index (χ2v) is 16.5. The zero-order valence-corrected chi connectivity index (χ0v) is 13.3. The summed E-state index contributed by atoms with van der Waals surface area (Å²) >= 11 is 6.73. The van der Waals surface area contributed by atoms with Gasteiger partial charge in [0.05, 0.1) is 0 Å². The summed E-state index contributed by atoms with van der Waals surface area (Å²) in [5.74, 6) is 1.23. The minimum absolute atomic E-state index is 0.467. The summed E-state index contributed by atoms with van der Waals surface area (Å²) in [6.45, 7) is 8.90. The maximum absolute atomic E-state index is 2.37. The van der Waals surface area contributed by atoms with Crippen molar-refractivity contribution in [3.05, 3.63) is 0 Å². The average molecular weight is 423 g/mol. The van der Waals surface area contributed by atoms with E-state index in [2.05, 4.69) is 67.7 Å². The van der Waals surface area contributed by atoms with Gasteiger partial charge in [-0.25, -0.2) is 0 Å². The van der Waals surface area contributed by atoms with Gasteiger partial charge < -0.3 is 0 Å². The Hall–Kier alpha value is 2.39. The molecule has 0 aliphatic carbocycles. The van der Waals surface area contributed by atoms with Crippen molar-refractivity contribution in [1.29, 1.82) is 0 Å². The molecule has 0 spiro atoms. The molecule has 0 unspecified atom stereocenters. The maximum atomic E-state index is 2.37. The third kappa shape index (κ3) is 22.4. The van der Waals surface area contributed by atoms with Crippen molar-refractivity contribution < 1.29 is 9.47 Å². The molecule has 63 valence electrons. The van der Waals surface area contributed by atoms with Crippen LogP contribution < -0.4 is 0 Å². The van der Waals surface area contributed by atoms with Crippen LogP contribution in [0.4, 0.5) is 0 Å². The molecular weight excluding hydrogens is 409 g/mol. The predicted molar refractivity (Wildman–Crippen MR) is 65.9 cm³/mol. The van der Waals surface area contributed by atoms with Crippen molar-refractivity contribution in [2.24, 2.45) is 0 Å². The summed E-state index contributed by atoms with van der Waals surface area (Å²) in [7, 11) is 0.628. The monoisotopic (exact) mass is 423 g/mol. The Morgan fingerprint density at radius 1 is 1.30 bits per heavy atom. The van der Waals surface area contributed by atoms with E-state index in [1.54, 1.807) is 0 Å². The first-order valence-electron chi connectivity index (χ1n) is 3.04. The molecule has 10 heavy (non-hydrogen) atoms. The van der Waals surface area contributed by atoms with Crippen LogP contribution in [0.2, 0.25) is 0 Å². The van der Waals surface area contributed by atoms with E-state index in [0.717, 1.165) is 0 Å². The molecule has 0 bridgehead atoms. The molecule has 0 radical (unpaired) electrons. The summed E-state index contributed by atoms with van der Waals surface area (Å²) in [5.41, 5.74) is 0. The summed E-state index contributed by atoms with van der Waals surface area (Å²) in [6.07, 6.45) is 0. The molecule has 0 saturated heterocycles. The van der Waals surface area contributed by atoms with Crippen LogP contribution in [0.1, 0.15) is 27.7 Å². The fourth-order valence-corrected chi connectivity index (χ4v) is 1.30. The van der Waals surface area contributed by atoms with Gasteiger partial charge in [0.15, 0.2) is 0 Å². The fraction of sp³-hybridized carbons (Fsp3) is 1.00. The van der Waals surface area contributed by atoms with Gasteiger partial charge in [-0.1, -0.05) is 27.7 Å². The van der Waals surface area contributed by atoms with Gasteiger partial charge in [0, 0.05) is 4.75 Å². The molecule has 0 saturated carbocycles. The summed E-state index contributed by atoms with van der Waals surface area (Å²) < 4.78 is 0.467. The van der Waals surface area contributed by atoms with Gasteiger partial charge >= 0.3 is 49.4 Å². The molecule has 0 amide bonds. The second kappa shape index (κ2) is 9.48. The molecule has 0 aromatic rings. The first kappa shape index (κ1) is 14.9. The average Bonchev–Trinajstić information content (AvgIpc) is 1.63. The number of hydrogen-bond donors (Lipinski definition) is 0. The van der Waals surface area contributed by atoms with Gasteiger partial charge in [0.1, 0.15) is 0 Å². The molecule has 0 heterocycles. The molecule has 0 atom stereocenters. The molecule has 0 rings (SSSR count). The van der Waals surface area contributed by atoms with E-state index in [1.165, 1.54) is 5.75 Å². The SMILES string of the molecule is CCSC(C)(C)C.[I][V][I]. The Morgan fingerprint density at radius 3 is 1.60 bits per heavy atom. The van der Waals surface area contributed by atoms with E-state index in [0.29, 0.717) is 14.2 Å². The van der Waals surface area contributed by atoms with Crippen molar-refractivity contribution >= 4 is 51.7 Å². The molecule has 4 heteroatoms. The number of hydrogen-bond acceptors (Lipinski definition) is 1. The molecule has 0 fully saturated rings. The Balaban J connectivity index is 0. The van der Waals surface area contributed by atoms with E-state index in [1.807, 2.05) is 11.8 Å². The number of rotatable bonds is 1. The standard InChI is InChI=1S/C6H14S.2HI.V/c1-5-7-6(2,3)4;;;/h5H2,1-4H3;2*1H;/q;;;+2/p-2.